The van der Waals surface area contributed by atoms with Crippen molar-refractivity contribution < 1.29 is 4.92 Å². The lowest BCUT2D eigenvalue weighted by Crippen LogP contribution is -1.92. The summed E-state index contributed by atoms with van der Waals surface area (Å²) in [5.74, 6) is 0. The highest BCUT2D eigenvalue weighted by Gasteiger charge is 2.25. The van der Waals surface area contributed by atoms with Gasteiger partial charge in [0.2, 0.25) is 0 Å². The van der Waals surface area contributed by atoms with Crippen LogP contribution >= 0.6 is 15.9 Å². The minimum atomic E-state index is -0.354. The molecule has 0 heterocycles. The van der Waals surface area contributed by atoms with E-state index in [0.29, 0.717) is 4.47 Å². The van der Waals surface area contributed by atoms with Crippen molar-refractivity contribution in [2.75, 3.05) is 0 Å². The normalized spacial score (nSPS) is 12.1. The van der Waals surface area contributed by atoms with Crippen molar-refractivity contribution in [1.29, 1.82) is 0 Å². The third kappa shape index (κ3) is 1.48. The predicted molar refractivity (Wildman–Crippen MR) is 69.0 cm³/mol. The third-order valence-electron chi connectivity index (χ3n) is 3.09. The molecular formula is C13H8BrNO2. The van der Waals surface area contributed by atoms with E-state index in [9.17, 15) is 10.1 Å². The van der Waals surface area contributed by atoms with E-state index in [2.05, 4.69) is 28.1 Å². The second-order valence-corrected chi connectivity index (χ2v) is 4.81. The van der Waals surface area contributed by atoms with Crippen molar-refractivity contribution in [3.05, 3.63) is 62.1 Å². The first-order chi connectivity index (χ1) is 8.18. The summed E-state index contributed by atoms with van der Waals surface area (Å²) in [7, 11) is 0. The fraction of sp³-hybridized carbons (Fsp3) is 0.0769. The number of nitro groups is 1. The van der Waals surface area contributed by atoms with Gasteiger partial charge in [-0.05, 0) is 44.3 Å². The Labute approximate surface area is 106 Å². The summed E-state index contributed by atoms with van der Waals surface area (Å²) in [6.45, 7) is 0. The molecule has 0 spiro atoms. The highest BCUT2D eigenvalue weighted by atomic mass is 79.9. The van der Waals surface area contributed by atoms with Crippen LogP contribution in [0.25, 0.3) is 11.1 Å². The van der Waals surface area contributed by atoms with E-state index in [1.165, 1.54) is 11.1 Å². The molecule has 0 atom stereocenters. The molecule has 0 aromatic heterocycles. The fourth-order valence-electron chi connectivity index (χ4n) is 2.30. The Morgan fingerprint density at radius 3 is 2.65 bits per heavy atom. The maximum Gasteiger partial charge on any atom is 0.283 e. The van der Waals surface area contributed by atoms with Crippen LogP contribution in [0.1, 0.15) is 11.1 Å². The Morgan fingerprint density at radius 2 is 1.88 bits per heavy atom. The lowest BCUT2D eigenvalue weighted by atomic mass is 10.1. The number of nitro benzene ring substituents is 1. The molecule has 2 aromatic rings. The molecule has 17 heavy (non-hydrogen) atoms. The van der Waals surface area contributed by atoms with Crippen molar-refractivity contribution in [3.63, 3.8) is 0 Å². The van der Waals surface area contributed by atoms with Crippen LogP contribution in [-0.4, -0.2) is 4.92 Å². The van der Waals surface area contributed by atoms with Crippen LogP contribution in [0.2, 0.25) is 0 Å². The first-order valence-corrected chi connectivity index (χ1v) is 6.02. The molecule has 0 unspecified atom stereocenters. The number of halogens is 1. The highest BCUT2D eigenvalue weighted by molar-refractivity contribution is 9.10. The van der Waals surface area contributed by atoms with Gasteiger partial charge >= 0.3 is 0 Å². The number of nitrogens with zero attached hydrogens (tertiary/aromatic N) is 1. The summed E-state index contributed by atoms with van der Waals surface area (Å²) in [5.41, 5.74) is 4.65. The van der Waals surface area contributed by atoms with Crippen molar-refractivity contribution in [2.24, 2.45) is 0 Å². The molecule has 0 amide bonds. The van der Waals surface area contributed by atoms with Crippen molar-refractivity contribution in [2.45, 2.75) is 6.42 Å². The van der Waals surface area contributed by atoms with E-state index in [1.807, 2.05) is 18.2 Å². The average molecular weight is 290 g/mol. The quantitative estimate of drug-likeness (QED) is 0.503. The Morgan fingerprint density at radius 1 is 1.12 bits per heavy atom. The molecule has 3 rings (SSSR count). The van der Waals surface area contributed by atoms with Gasteiger partial charge in [-0.3, -0.25) is 10.1 Å². The largest absolute Gasteiger partial charge is 0.283 e. The van der Waals surface area contributed by atoms with Crippen molar-refractivity contribution in [1.82, 2.24) is 0 Å². The molecule has 0 N–H and O–H groups in total. The van der Waals surface area contributed by atoms with E-state index in [0.717, 1.165) is 17.5 Å². The van der Waals surface area contributed by atoms with Gasteiger partial charge in [-0.2, -0.15) is 0 Å². The molecule has 0 fully saturated rings. The van der Waals surface area contributed by atoms with Crippen LogP contribution in [0.4, 0.5) is 5.69 Å². The van der Waals surface area contributed by atoms with Gasteiger partial charge in [-0.1, -0.05) is 24.3 Å². The second-order valence-electron chi connectivity index (χ2n) is 4.02. The van der Waals surface area contributed by atoms with Crippen LogP contribution in [-0.2, 0) is 6.42 Å². The molecule has 84 valence electrons. The van der Waals surface area contributed by atoms with Crippen LogP contribution in [0, 0.1) is 10.1 Å². The molecule has 1 aliphatic carbocycles. The number of rotatable bonds is 1. The summed E-state index contributed by atoms with van der Waals surface area (Å²) < 4.78 is 0.608. The molecule has 3 nitrogen and oxygen atoms in total. The minimum absolute atomic E-state index is 0.136. The monoisotopic (exact) mass is 289 g/mol. The smallest absolute Gasteiger partial charge is 0.258 e. The van der Waals surface area contributed by atoms with Gasteiger partial charge in [0.05, 0.1) is 9.40 Å². The van der Waals surface area contributed by atoms with Gasteiger partial charge in [0.1, 0.15) is 0 Å². The maximum absolute atomic E-state index is 10.9. The zero-order chi connectivity index (χ0) is 12.0. The molecule has 0 aliphatic heterocycles. The van der Waals surface area contributed by atoms with Gasteiger partial charge in [-0.15, -0.1) is 0 Å². The van der Waals surface area contributed by atoms with Gasteiger partial charge in [0.25, 0.3) is 5.69 Å². The Bertz CT molecular complexity index is 637. The molecule has 0 radical (unpaired) electrons. The lowest BCUT2D eigenvalue weighted by Gasteiger charge is -2.03. The zero-order valence-corrected chi connectivity index (χ0v) is 10.4. The maximum atomic E-state index is 10.9. The van der Waals surface area contributed by atoms with Crippen LogP contribution in [0.5, 0.6) is 0 Å². The molecule has 2 aromatic carbocycles. The molecule has 0 bridgehead atoms. The lowest BCUT2D eigenvalue weighted by molar-refractivity contribution is -0.385. The molecule has 1 aliphatic rings. The molecule has 0 saturated heterocycles. The average Bonchev–Trinajstić information content (AvgIpc) is 2.69. The minimum Gasteiger partial charge on any atom is -0.258 e. The fourth-order valence-corrected chi connectivity index (χ4v) is 2.93. The van der Waals surface area contributed by atoms with Crippen molar-refractivity contribution >= 4 is 21.6 Å². The van der Waals surface area contributed by atoms with Crippen molar-refractivity contribution in [3.8, 4) is 11.1 Å². The first kappa shape index (κ1) is 10.5. The topological polar surface area (TPSA) is 43.1 Å². The summed E-state index contributed by atoms with van der Waals surface area (Å²) in [6.07, 6.45) is 0.758. The van der Waals surface area contributed by atoms with Crippen LogP contribution in [0.3, 0.4) is 0 Å². The second kappa shape index (κ2) is 3.67. The van der Waals surface area contributed by atoms with E-state index >= 15 is 0 Å². The number of benzene rings is 2. The SMILES string of the molecule is O=[N+]([O-])c1ccc2c(c1Br)Cc1ccccc1-2. The van der Waals surface area contributed by atoms with Crippen LogP contribution < -0.4 is 0 Å². The van der Waals surface area contributed by atoms with E-state index in [4.69, 9.17) is 0 Å². The first-order valence-electron chi connectivity index (χ1n) is 5.22. The summed E-state index contributed by atoms with van der Waals surface area (Å²) in [4.78, 5) is 10.5. The van der Waals surface area contributed by atoms with E-state index in [1.54, 1.807) is 6.07 Å². The molecule has 4 heteroatoms. The van der Waals surface area contributed by atoms with Gasteiger partial charge in [0.15, 0.2) is 0 Å². The Kier molecular flexibility index (Phi) is 2.26. The van der Waals surface area contributed by atoms with E-state index in [-0.39, 0.29) is 10.6 Å². The Balaban J connectivity index is 2.25. The highest BCUT2D eigenvalue weighted by Crippen LogP contribution is 2.43. The summed E-state index contributed by atoms with van der Waals surface area (Å²) >= 11 is 3.35. The molecular weight excluding hydrogens is 282 g/mol. The van der Waals surface area contributed by atoms with Crippen LogP contribution in [0.15, 0.2) is 40.9 Å². The predicted octanol–water partition coefficient (Wildman–Crippen LogP) is 3.93. The zero-order valence-electron chi connectivity index (χ0n) is 8.81. The van der Waals surface area contributed by atoms with Gasteiger partial charge < -0.3 is 0 Å². The number of hydrogen-bond acceptors (Lipinski definition) is 2. The van der Waals surface area contributed by atoms with Gasteiger partial charge in [0, 0.05) is 12.5 Å². The number of fused-ring (bicyclic) bond motifs is 3. The standard InChI is InChI=1S/C13H8BrNO2/c14-13-11-7-8-3-1-2-4-9(8)10(11)5-6-12(13)15(16)17/h1-6H,7H2. The molecule has 0 saturated carbocycles. The summed E-state index contributed by atoms with van der Waals surface area (Å²) in [5, 5.41) is 10.9. The number of hydrogen-bond donors (Lipinski definition) is 0. The van der Waals surface area contributed by atoms with E-state index < -0.39 is 0 Å². The Hall–Kier alpha value is -1.68. The van der Waals surface area contributed by atoms with Gasteiger partial charge in [-0.25, -0.2) is 0 Å². The third-order valence-corrected chi connectivity index (χ3v) is 3.98. The summed E-state index contributed by atoms with van der Waals surface area (Å²) in [6, 6.07) is 11.5.